The van der Waals surface area contributed by atoms with Crippen LogP contribution in [0.25, 0.3) is 0 Å². The summed E-state index contributed by atoms with van der Waals surface area (Å²) in [6, 6.07) is 6.78. The van der Waals surface area contributed by atoms with E-state index in [0.29, 0.717) is 10.8 Å². The van der Waals surface area contributed by atoms with Crippen molar-refractivity contribution in [3.05, 3.63) is 45.9 Å². The van der Waals surface area contributed by atoms with Crippen molar-refractivity contribution in [3.63, 3.8) is 0 Å². The normalized spacial score (nSPS) is 11.9. The van der Waals surface area contributed by atoms with Gasteiger partial charge < -0.3 is 4.74 Å². The average Bonchev–Trinajstić information content (AvgIpc) is 2.94. The summed E-state index contributed by atoms with van der Waals surface area (Å²) in [5, 5.41) is 3.24. The molecule has 0 aliphatic rings. The van der Waals surface area contributed by atoms with E-state index in [-0.39, 0.29) is 12.5 Å². The molecule has 5 nitrogen and oxygen atoms in total. The molecule has 2 rings (SSSR count). The van der Waals surface area contributed by atoms with E-state index in [1.54, 1.807) is 37.4 Å². The molecule has 1 N–H and O–H groups in total. The monoisotopic (exact) mass is 312 g/mol. The van der Waals surface area contributed by atoms with Gasteiger partial charge in [0.2, 0.25) is 0 Å². The van der Waals surface area contributed by atoms with Crippen LogP contribution in [0.15, 0.2) is 35.8 Å². The molecule has 1 atom stereocenters. The van der Waals surface area contributed by atoms with E-state index in [2.05, 4.69) is 10.5 Å². The van der Waals surface area contributed by atoms with E-state index in [1.165, 1.54) is 11.3 Å². The number of rotatable bonds is 6. The zero-order valence-electron chi connectivity index (χ0n) is 10.7. The third kappa shape index (κ3) is 4.48. The van der Waals surface area contributed by atoms with Crippen LogP contribution < -0.4 is 10.2 Å². The molecule has 20 heavy (non-hydrogen) atoms. The number of carbonyl (C=O) groups is 1. The molecule has 0 radical (unpaired) electrons. The zero-order valence-corrected chi connectivity index (χ0v) is 12.3. The third-order valence-corrected chi connectivity index (χ3v) is 3.35. The molecule has 1 aromatic heterocycles. The molecule has 1 amide bonds. The fourth-order valence-corrected chi connectivity index (χ4v) is 2.00. The molecule has 0 spiro atoms. The number of halogens is 1. The van der Waals surface area contributed by atoms with Gasteiger partial charge in [-0.15, -0.1) is 11.3 Å². The lowest BCUT2D eigenvalue weighted by molar-refractivity contribution is -0.141. The van der Waals surface area contributed by atoms with Gasteiger partial charge in [-0.05, 0) is 31.2 Å². The van der Waals surface area contributed by atoms with E-state index in [0.717, 1.165) is 5.01 Å². The van der Waals surface area contributed by atoms with E-state index in [9.17, 15) is 4.79 Å². The molecular formula is C13H13ClN2O3S. The third-order valence-electron chi connectivity index (χ3n) is 2.35. The van der Waals surface area contributed by atoms with Gasteiger partial charge in [0.15, 0.2) is 6.10 Å². The largest absolute Gasteiger partial charge is 0.481 e. The molecule has 0 bridgehead atoms. The number of hydrogen-bond donors (Lipinski definition) is 1. The highest BCUT2D eigenvalue weighted by Gasteiger charge is 2.14. The molecule has 0 fully saturated rings. The first-order valence-electron chi connectivity index (χ1n) is 5.87. The Hall–Kier alpha value is -1.63. The van der Waals surface area contributed by atoms with Gasteiger partial charge in [-0.3, -0.25) is 9.63 Å². The van der Waals surface area contributed by atoms with Gasteiger partial charge in [-0.1, -0.05) is 11.6 Å². The predicted molar refractivity (Wildman–Crippen MR) is 76.6 cm³/mol. The minimum atomic E-state index is -0.674. The lowest BCUT2D eigenvalue weighted by atomic mass is 10.3. The van der Waals surface area contributed by atoms with E-state index >= 15 is 0 Å². The Morgan fingerprint density at radius 2 is 2.20 bits per heavy atom. The van der Waals surface area contributed by atoms with E-state index in [4.69, 9.17) is 21.2 Å². The molecule has 1 heterocycles. The van der Waals surface area contributed by atoms with Crippen molar-refractivity contribution in [1.82, 2.24) is 10.5 Å². The first-order chi connectivity index (χ1) is 9.65. The van der Waals surface area contributed by atoms with Gasteiger partial charge in [0.05, 0.1) is 0 Å². The Balaban J connectivity index is 1.75. The standard InChI is InChI=1S/C13H13ClN2O3S/c1-9(19-11-4-2-10(14)3-5-11)13(17)16-18-8-12-15-6-7-20-12/h2-7,9H,8H2,1H3,(H,16,17). The van der Waals surface area contributed by atoms with Crippen LogP contribution >= 0.6 is 22.9 Å². The minimum Gasteiger partial charge on any atom is -0.481 e. The number of amides is 1. The highest BCUT2D eigenvalue weighted by molar-refractivity contribution is 7.09. The number of hydroxylamine groups is 1. The maximum atomic E-state index is 11.7. The smallest absolute Gasteiger partial charge is 0.284 e. The second-order valence-corrected chi connectivity index (χ2v) is 5.31. The average molecular weight is 313 g/mol. The second-order valence-electron chi connectivity index (χ2n) is 3.89. The van der Waals surface area contributed by atoms with Crippen molar-refractivity contribution in [2.75, 3.05) is 0 Å². The van der Waals surface area contributed by atoms with Crippen molar-refractivity contribution >= 4 is 28.8 Å². The maximum Gasteiger partial charge on any atom is 0.284 e. The molecule has 0 aliphatic carbocycles. The van der Waals surface area contributed by atoms with Crippen LogP contribution in [0, 0.1) is 0 Å². The highest BCUT2D eigenvalue weighted by atomic mass is 35.5. The lowest BCUT2D eigenvalue weighted by Crippen LogP contribution is -2.36. The number of ether oxygens (including phenoxy) is 1. The van der Waals surface area contributed by atoms with Crippen molar-refractivity contribution in [2.24, 2.45) is 0 Å². The molecule has 7 heteroatoms. The molecule has 1 unspecified atom stereocenters. The SMILES string of the molecule is CC(Oc1ccc(Cl)cc1)C(=O)NOCc1nccs1. The minimum absolute atomic E-state index is 0.233. The van der Waals surface area contributed by atoms with Crippen LogP contribution in [0.2, 0.25) is 5.02 Å². The molecule has 1 aromatic carbocycles. The van der Waals surface area contributed by atoms with Crippen LogP contribution in [0.5, 0.6) is 5.75 Å². The Kier molecular flexibility index (Phi) is 5.34. The molecule has 0 saturated heterocycles. The molecule has 106 valence electrons. The highest BCUT2D eigenvalue weighted by Crippen LogP contribution is 2.16. The van der Waals surface area contributed by atoms with Crippen LogP contribution in [0.4, 0.5) is 0 Å². The summed E-state index contributed by atoms with van der Waals surface area (Å²) >= 11 is 7.22. The number of thiazole rings is 1. The summed E-state index contributed by atoms with van der Waals surface area (Å²) in [6.45, 7) is 1.87. The van der Waals surface area contributed by atoms with E-state index < -0.39 is 6.10 Å². The first-order valence-corrected chi connectivity index (χ1v) is 7.13. The number of aromatic nitrogens is 1. The van der Waals surface area contributed by atoms with Crippen LogP contribution in [-0.4, -0.2) is 17.0 Å². The summed E-state index contributed by atoms with van der Waals surface area (Å²) in [5.41, 5.74) is 2.33. The fourth-order valence-electron chi connectivity index (χ4n) is 1.35. The predicted octanol–water partition coefficient (Wildman–Crippen LogP) is 2.81. The topological polar surface area (TPSA) is 60.5 Å². The fraction of sp³-hybridized carbons (Fsp3) is 0.231. The number of carbonyl (C=O) groups excluding carboxylic acids is 1. The summed E-state index contributed by atoms with van der Waals surface area (Å²) in [6.07, 6.45) is 1.00. The number of hydrogen-bond acceptors (Lipinski definition) is 5. The molecule has 0 aliphatic heterocycles. The van der Waals surface area contributed by atoms with Gasteiger partial charge in [0, 0.05) is 16.6 Å². The van der Waals surface area contributed by atoms with Gasteiger partial charge in [-0.25, -0.2) is 10.5 Å². The number of nitrogens with one attached hydrogen (secondary N) is 1. The Morgan fingerprint density at radius 3 is 2.85 bits per heavy atom. The maximum absolute atomic E-state index is 11.7. The summed E-state index contributed by atoms with van der Waals surface area (Å²) < 4.78 is 5.46. The van der Waals surface area contributed by atoms with Gasteiger partial charge in [-0.2, -0.15) is 0 Å². The summed E-state index contributed by atoms with van der Waals surface area (Å²) in [5.74, 6) is 0.202. The van der Waals surface area contributed by atoms with Gasteiger partial charge >= 0.3 is 0 Å². The number of benzene rings is 1. The van der Waals surface area contributed by atoms with Crippen LogP contribution in [0.3, 0.4) is 0 Å². The quantitative estimate of drug-likeness (QED) is 0.833. The summed E-state index contributed by atoms with van der Waals surface area (Å²) in [7, 11) is 0. The zero-order chi connectivity index (χ0) is 14.4. The van der Waals surface area contributed by atoms with Crippen LogP contribution in [-0.2, 0) is 16.2 Å². The molecule has 2 aromatic rings. The van der Waals surface area contributed by atoms with Crippen molar-refractivity contribution in [2.45, 2.75) is 19.6 Å². The van der Waals surface area contributed by atoms with Crippen molar-refractivity contribution in [1.29, 1.82) is 0 Å². The number of nitrogens with zero attached hydrogens (tertiary/aromatic N) is 1. The second kappa shape index (κ2) is 7.23. The first kappa shape index (κ1) is 14.8. The molecule has 0 saturated carbocycles. The van der Waals surface area contributed by atoms with Crippen molar-refractivity contribution in [3.8, 4) is 5.75 Å². The van der Waals surface area contributed by atoms with Crippen LogP contribution in [0.1, 0.15) is 11.9 Å². The van der Waals surface area contributed by atoms with Crippen molar-refractivity contribution < 1.29 is 14.4 Å². The lowest BCUT2D eigenvalue weighted by Gasteiger charge is -2.14. The molecular weight excluding hydrogens is 300 g/mol. The Morgan fingerprint density at radius 1 is 1.45 bits per heavy atom. The van der Waals surface area contributed by atoms with E-state index in [1.807, 2.05) is 5.38 Å². The Bertz CT molecular complexity index is 545. The summed E-state index contributed by atoms with van der Waals surface area (Å²) in [4.78, 5) is 20.8. The van der Waals surface area contributed by atoms with Gasteiger partial charge in [0.25, 0.3) is 5.91 Å². The Labute approximate surface area is 125 Å². The van der Waals surface area contributed by atoms with Gasteiger partial charge in [0.1, 0.15) is 17.4 Å².